The van der Waals surface area contributed by atoms with Crippen LogP contribution in [0.3, 0.4) is 0 Å². The summed E-state index contributed by atoms with van der Waals surface area (Å²) in [4.78, 5) is 0. The maximum absolute atomic E-state index is 13.2. The van der Waals surface area contributed by atoms with Crippen LogP contribution in [0.5, 0.6) is 11.6 Å². The molecule has 0 bridgehead atoms. The van der Waals surface area contributed by atoms with Crippen LogP contribution >= 0.6 is 0 Å². The quantitative estimate of drug-likeness (QED) is 0.336. The highest BCUT2D eigenvalue weighted by Gasteiger charge is 2.45. The molecule has 3 aromatic rings. The summed E-state index contributed by atoms with van der Waals surface area (Å²) in [7, 11) is 1.54. The summed E-state index contributed by atoms with van der Waals surface area (Å²) >= 11 is 0. The third-order valence-electron chi connectivity index (χ3n) is 6.56. The van der Waals surface area contributed by atoms with Crippen LogP contribution in [0, 0.1) is 0 Å². The predicted molar refractivity (Wildman–Crippen MR) is 133 cm³/mol. The fourth-order valence-corrected chi connectivity index (χ4v) is 4.42. The van der Waals surface area contributed by atoms with Gasteiger partial charge in [-0.05, 0) is 43.7 Å². The molecule has 5 atom stereocenters. The van der Waals surface area contributed by atoms with Gasteiger partial charge in [0.2, 0.25) is 12.2 Å². The Labute approximate surface area is 223 Å². The minimum atomic E-state index is -4.50. The predicted octanol–water partition coefficient (Wildman–Crippen LogP) is 2.93. The standard InChI is InChI=1S/C27H31F3N2O7/c1-14(2)32-21(16-6-8-17(9-7-16)27(28,29)30)19(12-15-4-10-18(37-3)11-5-15)25(31-32)39-26-24(36)23(35)22(34)20(13-33)38-26/h4-11,14,20,22-24,26,33-36H,12-13H2,1-3H3/t20-,22-,23+,24-,26+/m1/s1. The van der Waals surface area contributed by atoms with Gasteiger partial charge in [-0.25, -0.2) is 0 Å². The molecule has 4 N–H and O–H groups in total. The molecule has 1 aliphatic heterocycles. The van der Waals surface area contributed by atoms with Crippen molar-refractivity contribution < 1.29 is 47.8 Å². The average Bonchev–Trinajstić information content (AvgIpc) is 3.26. The topological polar surface area (TPSA) is 126 Å². The Morgan fingerprint density at radius 3 is 2.15 bits per heavy atom. The number of methoxy groups -OCH3 is 1. The molecule has 39 heavy (non-hydrogen) atoms. The van der Waals surface area contributed by atoms with Gasteiger partial charge in [-0.1, -0.05) is 24.3 Å². The number of alkyl halides is 3. The number of ether oxygens (including phenoxy) is 3. The van der Waals surface area contributed by atoms with Crippen LogP contribution in [-0.4, -0.2) is 74.6 Å². The summed E-state index contributed by atoms with van der Waals surface area (Å²) in [5.41, 5.74) is 1.46. The van der Waals surface area contributed by atoms with Crippen molar-refractivity contribution in [1.82, 2.24) is 9.78 Å². The van der Waals surface area contributed by atoms with Crippen LogP contribution in [-0.2, 0) is 17.3 Å². The third kappa shape index (κ3) is 6.04. The molecule has 4 rings (SSSR count). The summed E-state index contributed by atoms with van der Waals surface area (Å²) in [6, 6.07) is 11.6. The fraction of sp³-hybridized carbons (Fsp3) is 0.444. The summed E-state index contributed by atoms with van der Waals surface area (Å²) in [6.45, 7) is 3.05. The second-order valence-corrected chi connectivity index (χ2v) is 9.59. The van der Waals surface area contributed by atoms with Gasteiger partial charge in [0.05, 0.1) is 25.0 Å². The van der Waals surface area contributed by atoms with Gasteiger partial charge in [0.25, 0.3) is 0 Å². The van der Waals surface area contributed by atoms with Crippen molar-refractivity contribution in [2.24, 2.45) is 0 Å². The van der Waals surface area contributed by atoms with Crippen LogP contribution in [0.1, 0.15) is 36.6 Å². The van der Waals surface area contributed by atoms with Crippen LogP contribution in [0.25, 0.3) is 11.3 Å². The Morgan fingerprint density at radius 2 is 1.62 bits per heavy atom. The van der Waals surface area contributed by atoms with E-state index in [4.69, 9.17) is 14.2 Å². The Kier molecular flexibility index (Phi) is 8.52. The van der Waals surface area contributed by atoms with Gasteiger partial charge in [-0.15, -0.1) is 5.10 Å². The van der Waals surface area contributed by atoms with Gasteiger partial charge >= 0.3 is 6.18 Å². The Morgan fingerprint density at radius 1 is 0.974 bits per heavy atom. The lowest BCUT2D eigenvalue weighted by atomic mass is 9.98. The van der Waals surface area contributed by atoms with Gasteiger partial charge in [0.15, 0.2) is 0 Å². The number of hydrogen-bond acceptors (Lipinski definition) is 8. The molecule has 212 valence electrons. The maximum atomic E-state index is 13.2. The summed E-state index contributed by atoms with van der Waals surface area (Å²) in [6.07, 6.45) is -11.9. The minimum Gasteiger partial charge on any atom is -0.497 e. The van der Waals surface area contributed by atoms with E-state index in [0.29, 0.717) is 22.6 Å². The van der Waals surface area contributed by atoms with Crippen LogP contribution in [0.2, 0.25) is 0 Å². The Hall–Kier alpha value is -3.16. The van der Waals surface area contributed by atoms with Crippen LogP contribution < -0.4 is 9.47 Å². The molecule has 1 fully saturated rings. The second kappa shape index (κ2) is 11.5. The molecular formula is C27H31F3N2O7. The van der Waals surface area contributed by atoms with Gasteiger partial charge < -0.3 is 34.6 Å². The lowest BCUT2D eigenvalue weighted by Crippen LogP contribution is -2.60. The second-order valence-electron chi connectivity index (χ2n) is 9.59. The van der Waals surface area contributed by atoms with Gasteiger partial charge in [-0.3, -0.25) is 4.68 Å². The zero-order chi connectivity index (χ0) is 28.5. The molecule has 1 aromatic heterocycles. The smallest absolute Gasteiger partial charge is 0.416 e. The van der Waals surface area contributed by atoms with Crippen molar-refractivity contribution in [3.8, 4) is 22.9 Å². The van der Waals surface area contributed by atoms with E-state index in [1.165, 1.54) is 19.2 Å². The van der Waals surface area contributed by atoms with E-state index < -0.39 is 49.1 Å². The van der Waals surface area contributed by atoms with E-state index in [9.17, 15) is 33.6 Å². The molecule has 1 saturated heterocycles. The molecule has 0 spiro atoms. The highest BCUT2D eigenvalue weighted by atomic mass is 19.4. The minimum absolute atomic E-state index is 0.0127. The largest absolute Gasteiger partial charge is 0.497 e. The molecule has 12 heteroatoms. The highest BCUT2D eigenvalue weighted by molar-refractivity contribution is 5.67. The van der Waals surface area contributed by atoms with E-state index in [2.05, 4.69) is 5.10 Å². The molecule has 0 radical (unpaired) electrons. The summed E-state index contributed by atoms with van der Waals surface area (Å²) < 4.78 is 58.0. The number of aliphatic hydroxyl groups excluding tert-OH is 4. The molecule has 0 aliphatic carbocycles. The lowest BCUT2D eigenvalue weighted by molar-refractivity contribution is -0.278. The molecule has 9 nitrogen and oxygen atoms in total. The van der Waals surface area contributed by atoms with E-state index in [1.54, 1.807) is 16.8 Å². The number of aromatic nitrogens is 2. The first-order valence-corrected chi connectivity index (χ1v) is 12.3. The number of aliphatic hydroxyl groups is 4. The molecule has 2 heterocycles. The molecule has 0 unspecified atom stereocenters. The molecular weight excluding hydrogens is 521 g/mol. The first-order chi connectivity index (χ1) is 18.4. The zero-order valence-corrected chi connectivity index (χ0v) is 21.5. The van der Waals surface area contributed by atoms with Crippen molar-refractivity contribution >= 4 is 0 Å². The van der Waals surface area contributed by atoms with Crippen LogP contribution in [0.15, 0.2) is 48.5 Å². The molecule has 2 aromatic carbocycles. The van der Waals surface area contributed by atoms with E-state index in [-0.39, 0.29) is 18.3 Å². The van der Waals surface area contributed by atoms with Gasteiger partial charge in [0.1, 0.15) is 30.2 Å². The van der Waals surface area contributed by atoms with E-state index in [1.807, 2.05) is 26.0 Å². The van der Waals surface area contributed by atoms with Crippen molar-refractivity contribution in [2.45, 2.75) is 63.2 Å². The first kappa shape index (κ1) is 28.8. The fourth-order valence-electron chi connectivity index (χ4n) is 4.42. The highest BCUT2D eigenvalue weighted by Crippen LogP contribution is 2.38. The summed E-state index contributed by atoms with van der Waals surface area (Å²) in [5.74, 6) is 0.649. The Bertz CT molecular complexity index is 1240. The summed E-state index contributed by atoms with van der Waals surface area (Å²) in [5, 5.41) is 45.0. The molecule has 0 amide bonds. The number of rotatable bonds is 8. The van der Waals surface area contributed by atoms with Crippen LogP contribution in [0.4, 0.5) is 13.2 Å². The van der Waals surface area contributed by atoms with Crippen molar-refractivity contribution in [3.05, 3.63) is 65.2 Å². The van der Waals surface area contributed by atoms with Crippen molar-refractivity contribution in [1.29, 1.82) is 0 Å². The normalized spacial score (nSPS) is 23.7. The number of benzene rings is 2. The monoisotopic (exact) mass is 552 g/mol. The SMILES string of the molecule is COc1ccc(Cc2c(O[C@@H]3O[C@H](CO)[C@@H](O)[C@H](O)[C@H]3O)nn(C(C)C)c2-c2ccc(C(F)(F)F)cc2)cc1. The number of hydrogen-bond donors (Lipinski definition) is 4. The first-order valence-electron chi connectivity index (χ1n) is 12.3. The third-order valence-corrected chi connectivity index (χ3v) is 6.56. The maximum Gasteiger partial charge on any atom is 0.416 e. The average molecular weight is 553 g/mol. The van der Waals surface area contributed by atoms with Gasteiger partial charge in [-0.2, -0.15) is 13.2 Å². The number of nitrogens with zero attached hydrogens (tertiary/aromatic N) is 2. The van der Waals surface area contributed by atoms with Crippen molar-refractivity contribution in [2.75, 3.05) is 13.7 Å². The van der Waals surface area contributed by atoms with E-state index >= 15 is 0 Å². The molecule has 0 saturated carbocycles. The molecule has 1 aliphatic rings. The van der Waals surface area contributed by atoms with E-state index in [0.717, 1.165) is 17.7 Å². The van der Waals surface area contributed by atoms with Crippen molar-refractivity contribution in [3.63, 3.8) is 0 Å². The Balaban J connectivity index is 1.81. The van der Waals surface area contributed by atoms with Gasteiger partial charge in [0, 0.05) is 23.6 Å². The number of halogens is 3. The zero-order valence-electron chi connectivity index (χ0n) is 21.5. The lowest BCUT2D eigenvalue weighted by Gasteiger charge is -2.39.